The van der Waals surface area contributed by atoms with Crippen molar-refractivity contribution in [3.05, 3.63) is 170 Å². The molecule has 73 heavy (non-hydrogen) atoms. The van der Waals surface area contributed by atoms with E-state index >= 15 is 0 Å². The van der Waals surface area contributed by atoms with Crippen molar-refractivity contribution < 1.29 is 28.6 Å². The molecular weight excluding hydrogens is 901 g/mol. The van der Waals surface area contributed by atoms with Crippen LogP contribution < -0.4 is 0 Å². The molecule has 1 unspecified atom stereocenters. The van der Waals surface area contributed by atoms with E-state index in [9.17, 15) is 14.4 Å². The average Bonchev–Trinajstić information content (AvgIpc) is 3.39. The molecule has 0 fully saturated rings. The Morgan fingerprint density at radius 1 is 0.274 bits per heavy atom. The molecule has 0 saturated carbocycles. The van der Waals surface area contributed by atoms with Gasteiger partial charge in [-0.2, -0.15) is 0 Å². The van der Waals surface area contributed by atoms with Gasteiger partial charge in [0.1, 0.15) is 13.2 Å². The van der Waals surface area contributed by atoms with Gasteiger partial charge in [0.25, 0.3) is 0 Å². The Balaban J connectivity index is 4.59. The van der Waals surface area contributed by atoms with E-state index in [1.807, 2.05) is 0 Å². The van der Waals surface area contributed by atoms with Crippen LogP contribution in [0.2, 0.25) is 0 Å². The van der Waals surface area contributed by atoms with Crippen LogP contribution in [0.3, 0.4) is 0 Å². The van der Waals surface area contributed by atoms with Crippen LogP contribution >= 0.6 is 0 Å². The summed E-state index contributed by atoms with van der Waals surface area (Å²) in [6.45, 7) is 6.19. The maximum Gasteiger partial charge on any atom is 0.306 e. The normalized spacial score (nSPS) is 13.4. The van der Waals surface area contributed by atoms with Crippen molar-refractivity contribution in [1.29, 1.82) is 0 Å². The van der Waals surface area contributed by atoms with Crippen molar-refractivity contribution in [2.75, 3.05) is 13.2 Å². The fraction of sp³-hybridized carbons (Fsp3) is 0.537. The van der Waals surface area contributed by atoms with Crippen LogP contribution in [0.5, 0.6) is 0 Å². The van der Waals surface area contributed by atoms with Gasteiger partial charge in [-0.1, -0.05) is 223 Å². The highest BCUT2D eigenvalue weighted by Gasteiger charge is 2.19. The first-order valence-corrected chi connectivity index (χ1v) is 28.6. The molecule has 0 aromatic carbocycles. The zero-order valence-electron chi connectivity index (χ0n) is 46.3. The number of hydrogen-bond donors (Lipinski definition) is 0. The molecular formula is C67H102O6. The monoisotopic (exact) mass is 1000 g/mol. The van der Waals surface area contributed by atoms with E-state index in [-0.39, 0.29) is 37.5 Å². The van der Waals surface area contributed by atoms with E-state index in [1.54, 1.807) is 0 Å². The second-order valence-corrected chi connectivity index (χ2v) is 18.0. The number of rotatable bonds is 49. The second kappa shape index (κ2) is 59.3. The largest absolute Gasteiger partial charge is 0.462 e. The van der Waals surface area contributed by atoms with Crippen LogP contribution in [-0.4, -0.2) is 37.2 Å². The fourth-order valence-electron chi connectivity index (χ4n) is 7.02. The molecule has 0 aromatic rings. The standard InChI is InChI=1S/C67H102O6/c1-4-7-10-13-16-19-22-25-28-31-32-33-34-37-39-42-45-48-51-54-57-60-66(69)72-63-64(73-67(70)61-58-55-52-49-46-43-40-36-30-27-24-21-18-15-12-9-6-3)62-71-65(68)59-56-53-50-47-44-41-38-35-29-26-23-20-17-14-11-8-5-2/h7-12,16-21,25-30,32-33,37-41,43,49,52,64H,4-6,13-15,22-24,31,34-36,42,44-48,50-51,53-63H2,1-3H3/b10-7-,11-8-,12-9-,19-16-,20-17-,21-18-,28-25-,29-26-,30-27-,33-32-,39-37-,41-38-,43-40-,52-49-. The van der Waals surface area contributed by atoms with Crippen molar-refractivity contribution in [2.24, 2.45) is 0 Å². The van der Waals surface area contributed by atoms with Crippen molar-refractivity contribution >= 4 is 17.9 Å². The smallest absolute Gasteiger partial charge is 0.306 e. The lowest BCUT2D eigenvalue weighted by Crippen LogP contribution is -2.30. The van der Waals surface area contributed by atoms with Gasteiger partial charge in [0.15, 0.2) is 6.10 Å². The first-order valence-electron chi connectivity index (χ1n) is 28.6. The van der Waals surface area contributed by atoms with Gasteiger partial charge in [-0.3, -0.25) is 14.4 Å². The average molecular weight is 1000 g/mol. The molecule has 6 nitrogen and oxygen atoms in total. The number of esters is 3. The lowest BCUT2D eigenvalue weighted by atomic mass is 10.1. The molecule has 0 aromatic heterocycles. The molecule has 1 atom stereocenters. The summed E-state index contributed by atoms with van der Waals surface area (Å²) in [5, 5.41) is 0. The van der Waals surface area contributed by atoms with Crippen molar-refractivity contribution in [1.82, 2.24) is 0 Å². The molecule has 0 aliphatic carbocycles. The molecule has 0 rings (SSSR count). The highest BCUT2D eigenvalue weighted by Crippen LogP contribution is 2.12. The minimum Gasteiger partial charge on any atom is -0.462 e. The number of hydrogen-bond acceptors (Lipinski definition) is 6. The SMILES string of the molecule is CC/C=C\C/C=C\C/C=C\C/C=C\C/C=C\CCCCCCCC(=O)OCC(COC(=O)CCCCCC/C=C\C/C=C\C/C=C\C/C=C\CC)OC(=O)CCC/C=C\C/C=C\C/C=C\C/C=C\C/C=C\CC. The van der Waals surface area contributed by atoms with Gasteiger partial charge in [0, 0.05) is 19.3 Å². The van der Waals surface area contributed by atoms with Crippen molar-refractivity contribution in [3.8, 4) is 0 Å². The zero-order valence-corrected chi connectivity index (χ0v) is 46.3. The van der Waals surface area contributed by atoms with Gasteiger partial charge in [-0.05, 0) is 141 Å². The topological polar surface area (TPSA) is 78.9 Å². The predicted molar refractivity (Wildman–Crippen MR) is 315 cm³/mol. The van der Waals surface area contributed by atoms with Gasteiger partial charge in [-0.15, -0.1) is 0 Å². The third-order valence-electron chi connectivity index (χ3n) is 11.2. The first kappa shape index (κ1) is 67.8. The maximum atomic E-state index is 12.8. The fourth-order valence-corrected chi connectivity index (χ4v) is 7.02. The van der Waals surface area contributed by atoms with E-state index in [0.717, 1.165) is 167 Å². The van der Waals surface area contributed by atoms with Gasteiger partial charge < -0.3 is 14.2 Å². The summed E-state index contributed by atoms with van der Waals surface area (Å²) in [7, 11) is 0. The second-order valence-electron chi connectivity index (χ2n) is 18.0. The third-order valence-corrected chi connectivity index (χ3v) is 11.2. The molecule has 0 heterocycles. The highest BCUT2D eigenvalue weighted by molar-refractivity contribution is 5.71. The number of carbonyl (C=O) groups is 3. The van der Waals surface area contributed by atoms with E-state index in [0.29, 0.717) is 19.3 Å². The Kier molecular flexibility index (Phi) is 55.1. The Bertz CT molecular complexity index is 1720. The van der Waals surface area contributed by atoms with Gasteiger partial charge in [-0.25, -0.2) is 0 Å². The number of unbranched alkanes of at least 4 members (excludes halogenated alkanes) is 10. The molecule has 406 valence electrons. The minimum atomic E-state index is -0.837. The van der Waals surface area contributed by atoms with Crippen LogP contribution in [-0.2, 0) is 28.6 Å². The quantitative estimate of drug-likeness (QED) is 0.0261. The number of carbonyl (C=O) groups excluding carboxylic acids is 3. The molecule has 0 amide bonds. The van der Waals surface area contributed by atoms with Crippen LogP contribution in [0.4, 0.5) is 0 Å². The van der Waals surface area contributed by atoms with Crippen LogP contribution in [0.15, 0.2) is 170 Å². The summed E-state index contributed by atoms with van der Waals surface area (Å²) in [5.74, 6) is -1.04. The summed E-state index contributed by atoms with van der Waals surface area (Å²) in [5.41, 5.74) is 0. The maximum absolute atomic E-state index is 12.8. The molecule has 6 heteroatoms. The Morgan fingerprint density at radius 2 is 0.507 bits per heavy atom. The summed E-state index contributed by atoms with van der Waals surface area (Å²) < 4.78 is 16.8. The molecule has 0 spiro atoms. The van der Waals surface area contributed by atoms with Gasteiger partial charge >= 0.3 is 17.9 Å². The molecule has 0 aliphatic rings. The molecule has 0 radical (unpaired) electrons. The van der Waals surface area contributed by atoms with Gasteiger partial charge in [0.2, 0.25) is 0 Å². The predicted octanol–water partition coefficient (Wildman–Crippen LogP) is 19.5. The Morgan fingerprint density at radius 3 is 0.808 bits per heavy atom. The summed E-state index contributed by atoms with van der Waals surface area (Å²) in [6, 6.07) is 0. The number of ether oxygens (including phenoxy) is 3. The Hall–Kier alpha value is -5.23. The van der Waals surface area contributed by atoms with E-state index in [4.69, 9.17) is 14.2 Å². The molecule has 0 aliphatic heterocycles. The molecule has 0 bridgehead atoms. The lowest BCUT2D eigenvalue weighted by molar-refractivity contribution is -0.167. The van der Waals surface area contributed by atoms with Crippen LogP contribution in [0.1, 0.15) is 213 Å². The van der Waals surface area contributed by atoms with Crippen molar-refractivity contribution in [3.63, 3.8) is 0 Å². The van der Waals surface area contributed by atoms with E-state index in [2.05, 4.69) is 191 Å². The lowest BCUT2D eigenvalue weighted by Gasteiger charge is -2.18. The summed E-state index contributed by atoms with van der Waals surface area (Å²) >= 11 is 0. The summed E-state index contributed by atoms with van der Waals surface area (Å²) in [4.78, 5) is 38.2. The summed E-state index contributed by atoms with van der Waals surface area (Å²) in [6.07, 6.45) is 87.7. The van der Waals surface area contributed by atoms with E-state index < -0.39 is 6.10 Å². The first-order chi connectivity index (χ1) is 36.0. The van der Waals surface area contributed by atoms with Gasteiger partial charge in [0.05, 0.1) is 0 Å². The highest BCUT2D eigenvalue weighted by atomic mass is 16.6. The zero-order chi connectivity index (χ0) is 52.9. The third kappa shape index (κ3) is 57.5. The molecule has 0 saturated heterocycles. The van der Waals surface area contributed by atoms with Crippen molar-refractivity contribution in [2.45, 2.75) is 219 Å². The van der Waals surface area contributed by atoms with E-state index in [1.165, 1.54) is 0 Å². The van der Waals surface area contributed by atoms with Crippen LogP contribution in [0.25, 0.3) is 0 Å². The Labute approximate surface area is 447 Å². The number of allylic oxidation sites excluding steroid dienone is 28. The minimum absolute atomic E-state index is 0.128. The molecule has 0 N–H and O–H groups in total. The van der Waals surface area contributed by atoms with Crippen LogP contribution in [0, 0.1) is 0 Å².